The summed E-state index contributed by atoms with van der Waals surface area (Å²) in [6.07, 6.45) is 0.161. The number of ether oxygens (including phenoxy) is 2. The van der Waals surface area contributed by atoms with Gasteiger partial charge in [-0.05, 0) is 102 Å². The standard InChI is InChI=1S/C33H39ClN4O3S/c1-7-40-32(39)29(41-33(3,4)5)27-19(2)16-26-30(28(27)20-8-11-22(34)12-9-20)42-31(37-26)21-10-13-24(35)25(17-21)36-23-14-15-38(6)18-23/h8-13,16-17,23,29,36H,7,14-15,18,35H2,1-6H3/t23-,29-/m0/s1. The van der Waals surface area contributed by atoms with Gasteiger partial charge in [0.25, 0.3) is 0 Å². The van der Waals surface area contributed by atoms with Crippen LogP contribution in [0.5, 0.6) is 0 Å². The van der Waals surface area contributed by atoms with Crippen molar-refractivity contribution in [2.75, 3.05) is 37.8 Å². The SMILES string of the molecule is CCOC(=O)[C@@H](OC(C)(C)C)c1c(C)cc2nc(-c3ccc(N)c(N[C@H]4CCN(C)C4)c3)sc2c1-c1ccc(Cl)cc1. The lowest BCUT2D eigenvalue weighted by Gasteiger charge is -2.29. The van der Waals surface area contributed by atoms with Crippen LogP contribution in [-0.2, 0) is 14.3 Å². The van der Waals surface area contributed by atoms with E-state index >= 15 is 0 Å². The molecule has 3 N–H and O–H groups in total. The Morgan fingerprint density at radius 1 is 1.19 bits per heavy atom. The van der Waals surface area contributed by atoms with Crippen LogP contribution in [0.4, 0.5) is 11.4 Å². The number of aryl methyl sites for hydroxylation is 1. The minimum atomic E-state index is -0.914. The Morgan fingerprint density at radius 2 is 1.90 bits per heavy atom. The van der Waals surface area contributed by atoms with E-state index < -0.39 is 17.7 Å². The summed E-state index contributed by atoms with van der Waals surface area (Å²) in [5.74, 6) is -0.415. The predicted octanol–water partition coefficient (Wildman–Crippen LogP) is 7.71. The number of fused-ring (bicyclic) bond motifs is 1. The van der Waals surface area contributed by atoms with Gasteiger partial charge in [-0.25, -0.2) is 9.78 Å². The Morgan fingerprint density at radius 3 is 2.55 bits per heavy atom. The first kappa shape index (κ1) is 30.3. The zero-order valence-corrected chi connectivity index (χ0v) is 26.7. The Hall–Kier alpha value is -3.17. The zero-order valence-electron chi connectivity index (χ0n) is 25.1. The molecule has 0 bridgehead atoms. The molecule has 1 fully saturated rings. The number of nitrogens with zero attached hydrogens (tertiary/aromatic N) is 2. The van der Waals surface area contributed by atoms with Crippen LogP contribution in [0.15, 0.2) is 48.5 Å². The molecular weight excluding hydrogens is 568 g/mol. The Bertz CT molecular complexity index is 1600. The summed E-state index contributed by atoms with van der Waals surface area (Å²) in [5.41, 5.74) is 12.8. The van der Waals surface area contributed by atoms with Crippen LogP contribution in [0.1, 0.15) is 51.3 Å². The highest BCUT2D eigenvalue weighted by Crippen LogP contribution is 2.45. The molecule has 0 aliphatic carbocycles. The molecular formula is C33H39ClN4O3S. The van der Waals surface area contributed by atoms with Crippen LogP contribution < -0.4 is 11.1 Å². The van der Waals surface area contributed by atoms with Crippen LogP contribution in [0.2, 0.25) is 5.02 Å². The Kier molecular flexibility index (Phi) is 8.81. The molecule has 0 spiro atoms. The molecule has 0 radical (unpaired) electrons. The van der Waals surface area contributed by atoms with Crippen molar-refractivity contribution in [3.8, 4) is 21.7 Å². The minimum Gasteiger partial charge on any atom is -0.464 e. The van der Waals surface area contributed by atoms with Gasteiger partial charge in [0.15, 0.2) is 6.10 Å². The second-order valence-electron chi connectivity index (χ2n) is 11.9. The lowest BCUT2D eigenvalue weighted by molar-refractivity contribution is -0.166. The van der Waals surface area contributed by atoms with Crippen LogP contribution in [0, 0.1) is 6.92 Å². The summed E-state index contributed by atoms with van der Waals surface area (Å²) in [6.45, 7) is 11.9. The number of likely N-dealkylation sites (N-methyl/N-ethyl adjacent to an activating group) is 1. The molecule has 5 rings (SSSR count). The van der Waals surface area contributed by atoms with Crippen molar-refractivity contribution in [3.05, 3.63) is 64.7 Å². The van der Waals surface area contributed by atoms with E-state index in [2.05, 4.69) is 23.3 Å². The van der Waals surface area contributed by atoms with E-state index in [-0.39, 0.29) is 6.61 Å². The molecule has 2 atom stereocenters. The van der Waals surface area contributed by atoms with Gasteiger partial charge in [0.2, 0.25) is 0 Å². The van der Waals surface area contributed by atoms with E-state index in [0.29, 0.717) is 16.8 Å². The second-order valence-corrected chi connectivity index (χ2v) is 13.3. The van der Waals surface area contributed by atoms with E-state index in [0.717, 1.165) is 68.2 Å². The molecule has 0 amide bonds. The minimum absolute atomic E-state index is 0.260. The van der Waals surface area contributed by atoms with E-state index in [1.54, 1.807) is 18.3 Å². The maximum absolute atomic E-state index is 13.4. The average molecular weight is 607 g/mol. The number of thiazole rings is 1. The fourth-order valence-corrected chi connectivity index (χ4v) is 6.71. The highest BCUT2D eigenvalue weighted by atomic mass is 35.5. The zero-order chi connectivity index (χ0) is 30.2. The van der Waals surface area contributed by atoms with Gasteiger partial charge in [-0.1, -0.05) is 23.7 Å². The van der Waals surface area contributed by atoms with E-state index in [1.165, 1.54) is 0 Å². The third-order valence-corrected chi connectivity index (χ3v) is 8.74. The number of hydrogen-bond donors (Lipinski definition) is 2. The first-order chi connectivity index (χ1) is 19.9. The highest BCUT2D eigenvalue weighted by molar-refractivity contribution is 7.22. The summed E-state index contributed by atoms with van der Waals surface area (Å²) in [5, 5.41) is 5.14. The molecule has 0 unspecified atom stereocenters. The molecule has 1 aliphatic rings. The number of carbonyl (C=O) groups is 1. The van der Waals surface area contributed by atoms with E-state index in [1.807, 2.05) is 70.2 Å². The number of anilines is 2. The fraction of sp³-hybridized carbons (Fsp3) is 0.394. The van der Waals surface area contributed by atoms with Gasteiger partial charge in [-0.15, -0.1) is 11.3 Å². The number of rotatable bonds is 8. The first-order valence-electron chi connectivity index (χ1n) is 14.3. The normalized spacial score (nSPS) is 16.6. The quantitative estimate of drug-likeness (QED) is 0.157. The Labute approximate surface area is 257 Å². The topological polar surface area (TPSA) is 89.7 Å². The summed E-state index contributed by atoms with van der Waals surface area (Å²) < 4.78 is 12.9. The molecule has 1 saturated heterocycles. The third-order valence-electron chi connectivity index (χ3n) is 7.35. The van der Waals surface area contributed by atoms with Gasteiger partial charge in [-0.2, -0.15) is 0 Å². The van der Waals surface area contributed by atoms with Gasteiger partial charge < -0.3 is 25.4 Å². The van der Waals surface area contributed by atoms with Crippen molar-refractivity contribution in [1.29, 1.82) is 0 Å². The number of nitrogens with two attached hydrogens (primary N) is 1. The van der Waals surface area contributed by atoms with Crippen molar-refractivity contribution in [1.82, 2.24) is 9.88 Å². The van der Waals surface area contributed by atoms with Gasteiger partial charge in [0, 0.05) is 34.3 Å². The van der Waals surface area contributed by atoms with E-state index in [9.17, 15) is 4.79 Å². The average Bonchev–Trinajstić information content (AvgIpc) is 3.53. The van der Waals surface area contributed by atoms with Crippen molar-refractivity contribution < 1.29 is 14.3 Å². The number of esters is 1. The number of halogens is 1. The number of carbonyl (C=O) groups excluding carboxylic acids is 1. The molecule has 7 nitrogen and oxygen atoms in total. The monoisotopic (exact) mass is 606 g/mol. The molecule has 222 valence electrons. The van der Waals surface area contributed by atoms with E-state index in [4.69, 9.17) is 31.8 Å². The molecule has 1 aliphatic heterocycles. The molecule has 9 heteroatoms. The number of nitrogens with one attached hydrogen (secondary N) is 1. The van der Waals surface area contributed by atoms with Crippen LogP contribution >= 0.6 is 22.9 Å². The van der Waals surface area contributed by atoms with Crippen molar-refractivity contribution >= 4 is 50.5 Å². The van der Waals surface area contributed by atoms with Gasteiger partial charge in [0.05, 0.1) is 33.8 Å². The molecule has 4 aromatic rings. The third kappa shape index (κ3) is 6.57. The Balaban J connectivity index is 1.67. The first-order valence-corrected chi connectivity index (χ1v) is 15.5. The number of hydrogen-bond acceptors (Lipinski definition) is 8. The molecule has 1 aromatic heterocycles. The summed E-state index contributed by atoms with van der Waals surface area (Å²) in [6, 6.07) is 16.1. The number of nitrogen functional groups attached to an aromatic ring is 1. The summed E-state index contributed by atoms with van der Waals surface area (Å²) in [4.78, 5) is 20.8. The number of likely N-dealkylation sites (tertiary alicyclic amines) is 1. The van der Waals surface area contributed by atoms with Gasteiger partial charge in [-0.3, -0.25) is 0 Å². The maximum atomic E-state index is 13.4. The lowest BCUT2D eigenvalue weighted by Crippen LogP contribution is -2.29. The number of benzene rings is 3. The van der Waals surface area contributed by atoms with Crippen molar-refractivity contribution in [2.45, 2.75) is 58.8 Å². The number of aromatic nitrogens is 1. The summed E-state index contributed by atoms with van der Waals surface area (Å²) >= 11 is 7.87. The molecule has 0 saturated carbocycles. The smallest absolute Gasteiger partial charge is 0.339 e. The highest BCUT2D eigenvalue weighted by Gasteiger charge is 2.33. The van der Waals surface area contributed by atoms with Crippen molar-refractivity contribution in [3.63, 3.8) is 0 Å². The van der Waals surface area contributed by atoms with Gasteiger partial charge in [0.1, 0.15) is 5.01 Å². The maximum Gasteiger partial charge on any atom is 0.339 e. The predicted molar refractivity (Wildman–Crippen MR) is 174 cm³/mol. The lowest BCUT2D eigenvalue weighted by atomic mass is 9.91. The summed E-state index contributed by atoms with van der Waals surface area (Å²) in [7, 11) is 2.14. The van der Waals surface area contributed by atoms with Crippen molar-refractivity contribution in [2.24, 2.45) is 0 Å². The van der Waals surface area contributed by atoms with Crippen LogP contribution in [-0.4, -0.2) is 54.2 Å². The molecule has 42 heavy (non-hydrogen) atoms. The second kappa shape index (κ2) is 12.2. The molecule has 2 heterocycles. The fourth-order valence-electron chi connectivity index (χ4n) is 5.46. The van der Waals surface area contributed by atoms with Gasteiger partial charge >= 0.3 is 5.97 Å². The van der Waals surface area contributed by atoms with Crippen LogP contribution in [0.25, 0.3) is 31.9 Å². The van der Waals surface area contributed by atoms with Crippen LogP contribution in [0.3, 0.4) is 0 Å². The molecule has 3 aromatic carbocycles. The largest absolute Gasteiger partial charge is 0.464 e.